The van der Waals surface area contributed by atoms with Crippen LogP contribution in [0, 0.1) is 5.92 Å². The molecule has 0 aliphatic heterocycles. The largest absolute Gasteiger partial charge is 0.481 e. The Bertz CT molecular complexity index is 368. The van der Waals surface area contributed by atoms with Crippen LogP contribution < -0.4 is 0 Å². The molecule has 1 aliphatic rings. The van der Waals surface area contributed by atoms with Gasteiger partial charge in [0, 0.05) is 5.92 Å². The van der Waals surface area contributed by atoms with Crippen molar-refractivity contribution in [3.8, 4) is 0 Å². The highest BCUT2D eigenvalue weighted by Gasteiger charge is 2.36. The van der Waals surface area contributed by atoms with E-state index >= 15 is 0 Å². The van der Waals surface area contributed by atoms with Gasteiger partial charge in [-0.2, -0.15) is 0 Å². The van der Waals surface area contributed by atoms with E-state index in [2.05, 4.69) is 6.92 Å². The van der Waals surface area contributed by atoms with Gasteiger partial charge in [-0.05, 0) is 24.5 Å². The van der Waals surface area contributed by atoms with E-state index in [1.807, 2.05) is 6.07 Å². The molecule has 0 amide bonds. The predicted octanol–water partition coefficient (Wildman–Crippen LogP) is 1.91. The van der Waals surface area contributed by atoms with Crippen molar-refractivity contribution < 1.29 is 19.4 Å². The number of rotatable bonds is 4. The van der Waals surface area contributed by atoms with E-state index in [0.717, 1.165) is 12.2 Å². The smallest absolute Gasteiger partial charge is 0.306 e. The molecule has 2 unspecified atom stereocenters. The van der Waals surface area contributed by atoms with Gasteiger partial charge in [0.1, 0.15) is 17.6 Å². The van der Waals surface area contributed by atoms with E-state index in [1.54, 1.807) is 6.07 Å². The van der Waals surface area contributed by atoms with E-state index < -0.39 is 12.1 Å². The molecule has 1 aromatic heterocycles. The van der Waals surface area contributed by atoms with Gasteiger partial charge in [-0.3, -0.25) is 4.79 Å². The molecule has 1 aromatic rings. The second-order valence-electron chi connectivity index (χ2n) is 4.17. The van der Waals surface area contributed by atoms with Crippen LogP contribution in [-0.2, 0) is 4.79 Å². The summed E-state index contributed by atoms with van der Waals surface area (Å²) < 4.78 is 5.43. The highest BCUT2D eigenvalue weighted by atomic mass is 16.4. The first-order valence-corrected chi connectivity index (χ1v) is 5.07. The number of carbonyl (C=O) groups is 1. The third-order valence-electron chi connectivity index (χ3n) is 2.82. The molecule has 0 radical (unpaired) electrons. The number of hydrogen-bond acceptors (Lipinski definition) is 3. The first kappa shape index (κ1) is 10.2. The number of furan rings is 1. The lowest BCUT2D eigenvalue weighted by Gasteiger charge is -2.03. The maximum atomic E-state index is 10.4. The van der Waals surface area contributed by atoms with E-state index in [4.69, 9.17) is 9.52 Å². The first-order valence-electron chi connectivity index (χ1n) is 5.07. The highest BCUT2D eigenvalue weighted by molar-refractivity contribution is 5.67. The topological polar surface area (TPSA) is 70.7 Å². The molecule has 4 nitrogen and oxygen atoms in total. The number of aliphatic hydroxyl groups excluding tert-OH is 1. The summed E-state index contributed by atoms with van der Waals surface area (Å²) in [4.78, 5) is 10.4. The minimum absolute atomic E-state index is 0.312. The molecule has 3 atom stereocenters. The Labute approximate surface area is 87.5 Å². The molecule has 0 spiro atoms. The molecule has 1 fully saturated rings. The van der Waals surface area contributed by atoms with Crippen molar-refractivity contribution in [1.82, 2.24) is 0 Å². The lowest BCUT2D eigenvalue weighted by molar-refractivity contribution is -0.139. The first-order chi connectivity index (χ1) is 7.08. The SMILES string of the molecule is CC1CC1c1ccc([C@H](O)CC(=O)O)o1. The Morgan fingerprint density at radius 1 is 1.67 bits per heavy atom. The van der Waals surface area contributed by atoms with E-state index in [-0.39, 0.29) is 6.42 Å². The van der Waals surface area contributed by atoms with Crippen LogP contribution in [-0.4, -0.2) is 16.2 Å². The second-order valence-corrected chi connectivity index (χ2v) is 4.17. The summed E-state index contributed by atoms with van der Waals surface area (Å²) in [5, 5.41) is 18.0. The van der Waals surface area contributed by atoms with Crippen molar-refractivity contribution in [2.45, 2.75) is 31.8 Å². The molecule has 82 valence electrons. The summed E-state index contributed by atoms with van der Waals surface area (Å²) in [6.07, 6.45) is -0.236. The summed E-state index contributed by atoms with van der Waals surface area (Å²) in [5.74, 6) is 1.28. The molecule has 0 saturated heterocycles. The fourth-order valence-corrected chi connectivity index (χ4v) is 1.73. The van der Waals surface area contributed by atoms with Gasteiger partial charge < -0.3 is 14.6 Å². The van der Waals surface area contributed by atoms with E-state index in [1.165, 1.54) is 0 Å². The molecule has 4 heteroatoms. The summed E-state index contributed by atoms with van der Waals surface area (Å²) >= 11 is 0. The average molecular weight is 210 g/mol. The van der Waals surface area contributed by atoms with Crippen LogP contribution >= 0.6 is 0 Å². The Hall–Kier alpha value is -1.29. The summed E-state index contributed by atoms with van der Waals surface area (Å²) in [6, 6.07) is 3.49. The Morgan fingerprint density at radius 2 is 2.33 bits per heavy atom. The second kappa shape index (κ2) is 3.70. The summed E-state index contributed by atoms with van der Waals surface area (Å²) in [5.41, 5.74) is 0. The van der Waals surface area contributed by atoms with Gasteiger partial charge >= 0.3 is 5.97 Å². The summed E-state index contributed by atoms with van der Waals surface area (Å²) in [7, 11) is 0. The van der Waals surface area contributed by atoms with Gasteiger partial charge in [0.15, 0.2) is 0 Å². The molecular weight excluding hydrogens is 196 g/mol. The lowest BCUT2D eigenvalue weighted by Crippen LogP contribution is -2.04. The van der Waals surface area contributed by atoms with Gasteiger partial charge in [-0.15, -0.1) is 0 Å². The van der Waals surface area contributed by atoms with Crippen molar-refractivity contribution in [2.75, 3.05) is 0 Å². The fourth-order valence-electron chi connectivity index (χ4n) is 1.73. The number of carboxylic acid groups (broad SMARTS) is 1. The maximum absolute atomic E-state index is 10.4. The Balaban J connectivity index is 2.03. The van der Waals surface area contributed by atoms with Crippen LogP contribution in [0.15, 0.2) is 16.5 Å². The zero-order chi connectivity index (χ0) is 11.0. The van der Waals surface area contributed by atoms with Crippen LogP contribution in [0.25, 0.3) is 0 Å². The normalized spacial score (nSPS) is 26.3. The molecule has 1 heterocycles. The fraction of sp³-hybridized carbons (Fsp3) is 0.545. The molecule has 15 heavy (non-hydrogen) atoms. The van der Waals surface area contributed by atoms with Crippen molar-refractivity contribution >= 4 is 5.97 Å². The quantitative estimate of drug-likeness (QED) is 0.796. The van der Waals surface area contributed by atoms with Crippen molar-refractivity contribution in [2.24, 2.45) is 5.92 Å². The maximum Gasteiger partial charge on any atom is 0.306 e. The third-order valence-corrected chi connectivity index (χ3v) is 2.82. The minimum Gasteiger partial charge on any atom is -0.481 e. The number of aliphatic carboxylic acids is 1. The minimum atomic E-state index is -1.04. The van der Waals surface area contributed by atoms with Crippen LogP contribution in [0.2, 0.25) is 0 Å². The van der Waals surface area contributed by atoms with Crippen LogP contribution in [0.1, 0.15) is 43.3 Å². The number of hydrogen-bond donors (Lipinski definition) is 2. The van der Waals surface area contributed by atoms with Gasteiger partial charge in [0.05, 0.1) is 6.42 Å². The van der Waals surface area contributed by atoms with Crippen molar-refractivity contribution in [3.05, 3.63) is 23.7 Å². The van der Waals surface area contributed by atoms with Crippen LogP contribution in [0.3, 0.4) is 0 Å². The lowest BCUT2D eigenvalue weighted by atomic mass is 10.2. The monoisotopic (exact) mass is 210 g/mol. The van der Waals surface area contributed by atoms with Gasteiger partial charge in [0.25, 0.3) is 0 Å². The van der Waals surface area contributed by atoms with E-state index in [9.17, 15) is 9.90 Å². The zero-order valence-corrected chi connectivity index (χ0v) is 8.51. The standard InChI is InChI=1S/C11H14O4/c1-6-4-7(6)9-2-3-10(15-9)8(12)5-11(13)14/h2-3,6-8,12H,4-5H2,1H3,(H,13,14)/t6?,7?,8-/m1/s1. The third kappa shape index (κ3) is 2.21. The predicted molar refractivity (Wildman–Crippen MR) is 52.4 cm³/mol. The molecule has 1 saturated carbocycles. The zero-order valence-electron chi connectivity index (χ0n) is 8.51. The van der Waals surface area contributed by atoms with Crippen molar-refractivity contribution in [3.63, 3.8) is 0 Å². The Kier molecular flexibility index (Phi) is 2.52. The number of carboxylic acids is 1. The van der Waals surface area contributed by atoms with Gasteiger partial charge in [0.2, 0.25) is 0 Å². The Morgan fingerprint density at radius 3 is 2.87 bits per heavy atom. The summed E-state index contributed by atoms with van der Waals surface area (Å²) in [6.45, 7) is 2.14. The van der Waals surface area contributed by atoms with E-state index in [0.29, 0.717) is 17.6 Å². The molecule has 0 bridgehead atoms. The molecule has 2 N–H and O–H groups in total. The average Bonchev–Trinajstić information content (AvgIpc) is 2.70. The van der Waals surface area contributed by atoms with Crippen LogP contribution in [0.5, 0.6) is 0 Å². The number of aliphatic hydroxyl groups is 1. The molecule has 0 aromatic carbocycles. The van der Waals surface area contributed by atoms with Gasteiger partial charge in [-0.1, -0.05) is 6.92 Å². The molecule has 2 rings (SSSR count). The van der Waals surface area contributed by atoms with Gasteiger partial charge in [-0.25, -0.2) is 0 Å². The van der Waals surface area contributed by atoms with Crippen molar-refractivity contribution in [1.29, 1.82) is 0 Å². The van der Waals surface area contributed by atoms with Crippen LogP contribution in [0.4, 0.5) is 0 Å². The molecular formula is C11H14O4. The highest BCUT2D eigenvalue weighted by Crippen LogP contribution is 2.47. The molecule has 1 aliphatic carbocycles.